The Morgan fingerprint density at radius 1 is 1.32 bits per heavy atom. The number of thiophene rings is 1. The van der Waals surface area contributed by atoms with Crippen LogP contribution in [0.15, 0.2) is 17.5 Å². The predicted molar refractivity (Wildman–Crippen MR) is 84.9 cm³/mol. The van der Waals surface area contributed by atoms with Crippen LogP contribution in [0, 0.1) is 0 Å². The first-order valence-electron chi connectivity index (χ1n) is 7.62. The molecule has 1 N–H and O–H groups in total. The van der Waals surface area contributed by atoms with Crippen LogP contribution in [0.2, 0.25) is 0 Å². The van der Waals surface area contributed by atoms with E-state index in [4.69, 9.17) is 0 Å². The Morgan fingerprint density at radius 3 is 2.58 bits per heavy atom. The molecule has 0 radical (unpaired) electrons. The van der Waals surface area contributed by atoms with Gasteiger partial charge in [-0.2, -0.15) is 0 Å². The van der Waals surface area contributed by atoms with E-state index in [0.717, 1.165) is 6.54 Å². The first kappa shape index (κ1) is 15.0. The second-order valence-electron chi connectivity index (χ2n) is 6.04. The van der Waals surface area contributed by atoms with E-state index in [1.165, 1.54) is 43.4 Å². The second kappa shape index (κ2) is 6.87. The standard InChI is InChI=1S/C16H28N2S/c1-4-14(15-9-8-12-19-15)17-13-16(18(2)3)10-6-5-7-11-16/h8-9,12,14,17H,4-7,10-11,13H2,1-3H3. The molecule has 2 nitrogen and oxygen atoms in total. The number of nitrogens with zero attached hydrogens (tertiary/aromatic N) is 1. The molecule has 19 heavy (non-hydrogen) atoms. The van der Waals surface area contributed by atoms with Crippen LogP contribution in [0.1, 0.15) is 56.4 Å². The number of likely N-dealkylation sites (N-methyl/N-ethyl adjacent to an activating group) is 1. The molecule has 0 saturated heterocycles. The maximum atomic E-state index is 3.83. The van der Waals surface area contributed by atoms with Crippen LogP contribution in [0.5, 0.6) is 0 Å². The molecule has 1 unspecified atom stereocenters. The highest BCUT2D eigenvalue weighted by atomic mass is 32.1. The number of hydrogen-bond donors (Lipinski definition) is 1. The van der Waals surface area contributed by atoms with Gasteiger partial charge in [0.2, 0.25) is 0 Å². The average molecular weight is 280 g/mol. The quantitative estimate of drug-likeness (QED) is 0.845. The summed E-state index contributed by atoms with van der Waals surface area (Å²) in [5, 5.41) is 6.01. The Kier molecular flexibility index (Phi) is 5.43. The van der Waals surface area contributed by atoms with Crippen LogP contribution in [0.25, 0.3) is 0 Å². The van der Waals surface area contributed by atoms with E-state index in [-0.39, 0.29) is 0 Å². The summed E-state index contributed by atoms with van der Waals surface area (Å²) in [5.74, 6) is 0. The van der Waals surface area contributed by atoms with Gasteiger partial charge in [0.05, 0.1) is 0 Å². The highest BCUT2D eigenvalue weighted by molar-refractivity contribution is 7.10. The van der Waals surface area contributed by atoms with Gasteiger partial charge in [-0.05, 0) is 44.8 Å². The average Bonchev–Trinajstić information content (AvgIpc) is 2.94. The summed E-state index contributed by atoms with van der Waals surface area (Å²) in [6, 6.07) is 4.94. The van der Waals surface area contributed by atoms with Crippen molar-refractivity contribution in [3.05, 3.63) is 22.4 Å². The van der Waals surface area contributed by atoms with Crippen molar-refractivity contribution in [3.63, 3.8) is 0 Å². The summed E-state index contributed by atoms with van der Waals surface area (Å²) in [6.45, 7) is 3.40. The Hall–Kier alpha value is -0.380. The van der Waals surface area contributed by atoms with Crippen molar-refractivity contribution in [1.29, 1.82) is 0 Å². The van der Waals surface area contributed by atoms with E-state index in [2.05, 4.69) is 48.7 Å². The van der Waals surface area contributed by atoms with Gasteiger partial charge in [0.1, 0.15) is 0 Å². The van der Waals surface area contributed by atoms with Gasteiger partial charge in [0.15, 0.2) is 0 Å². The summed E-state index contributed by atoms with van der Waals surface area (Å²) in [4.78, 5) is 3.94. The van der Waals surface area contributed by atoms with E-state index in [1.807, 2.05) is 11.3 Å². The molecule has 2 rings (SSSR count). The zero-order valence-electron chi connectivity index (χ0n) is 12.6. The molecule has 1 atom stereocenters. The van der Waals surface area contributed by atoms with Crippen molar-refractivity contribution in [2.24, 2.45) is 0 Å². The lowest BCUT2D eigenvalue weighted by atomic mass is 9.80. The van der Waals surface area contributed by atoms with Gasteiger partial charge >= 0.3 is 0 Å². The Balaban J connectivity index is 1.98. The van der Waals surface area contributed by atoms with Crippen molar-refractivity contribution < 1.29 is 0 Å². The van der Waals surface area contributed by atoms with Gasteiger partial charge in [-0.15, -0.1) is 11.3 Å². The molecule has 0 aliphatic heterocycles. The zero-order chi connectivity index (χ0) is 13.7. The zero-order valence-corrected chi connectivity index (χ0v) is 13.4. The topological polar surface area (TPSA) is 15.3 Å². The molecule has 0 spiro atoms. The van der Waals surface area contributed by atoms with Crippen molar-refractivity contribution in [2.75, 3.05) is 20.6 Å². The van der Waals surface area contributed by atoms with Crippen LogP contribution in [-0.4, -0.2) is 31.1 Å². The molecule has 1 aromatic heterocycles. The molecule has 1 aliphatic carbocycles. The Labute approximate surface area is 122 Å². The van der Waals surface area contributed by atoms with E-state index < -0.39 is 0 Å². The minimum atomic E-state index is 0.378. The molecular formula is C16H28N2S. The van der Waals surface area contributed by atoms with Crippen molar-refractivity contribution in [1.82, 2.24) is 10.2 Å². The highest BCUT2D eigenvalue weighted by Gasteiger charge is 2.34. The van der Waals surface area contributed by atoms with Gasteiger partial charge in [-0.25, -0.2) is 0 Å². The first-order chi connectivity index (χ1) is 9.18. The van der Waals surface area contributed by atoms with E-state index in [0.29, 0.717) is 11.6 Å². The molecule has 1 saturated carbocycles. The fraction of sp³-hybridized carbons (Fsp3) is 0.750. The number of hydrogen-bond acceptors (Lipinski definition) is 3. The summed E-state index contributed by atoms with van der Waals surface area (Å²) in [7, 11) is 4.50. The second-order valence-corrected chi connectivity index (χ2v) is 7.02. The minimum Gasteiger partial charge on any atom is -0.307 e. The van der Waals surface area contributed by atoms with Crippen LogP contribution < -0.4 is 5.32 Å². The highest BCUT2D eigenvalue weighted by Crippen LogP contribution is 2.32. The molecule has 0 amide bonds. The fourth-order valence-corrected chi connectivity index (χ4v) is 4.13. The summed E-state index contributed by atoms with van der Waals surface area (Å²) >= 11 is 1.87. The van der Waals surface area contributed by atoms with Gasteiger partial charge in [0.25, 0.3) is 0 Å². The monoisotopic (exact) mass is 280 g/mol. The molecule has 3 heteroatoms. The van der Waals surface area contributed by atoms with E-state index in [1.54, 1.807) is 0 Å². The van der Waals surface area contributed by atoms with Crippen LogP contribution in [-0.2, 0) is 0 Å². The lowest BCUT2D eigenvalue weighted by molar-refractivity contribution is 0.0950. The SMILES string of the molecule is CCC(NCC1(N(C)C)CCCCC1)c1cccs1. The summed E-state index contributed by atoms with van der Waals surface area (Å²) in [6.07, 6.45) is 8.04. The third-order valence-corrected chi connectivity index (χ3v) is 5.69. The summed E-state index contributed by atoms with van der Waals surface area (Å²) < 4.78 is 0. The molecule has 1 fully saturated rings. The predicted octanol–water partition coefficient (Wildman–Crippen LogP) is 4.05. The van der Waals surface area contributed by atoms with E-state index in [9.17, 15) is 0 Å². The smallest absolute Gasteiger partial charge is 0.0412 e. The van der Waals surface area contributed by atoms with Gasteiger partial charge in [-0.3, -0.25) is 0 Å². The van der Waals surface area contributed by atoms with Crippen molar-refractivity contribution >= 4 is 11.3 Å². The van der Waals surface area contributed by atoms with E-state index >= 15 is 0 Å². The maximum absolute atomic E-state index is 3.83. The third-order valence-electron chi connectivity index (χ3n) is 4.71. The molecule has 1 heterocycles. The maximum Gasteiger partial charge on any atom is 0.0412 e. The number of rotatable bonds is 6. The normalized spacial score (nSPS) is 20.6. The number of nitrogens with one attached hydrogen (secondary N) is 1. The van der Waals surface area contributed by atoms with Crippen LogP contribution in [0.4, 0.5) is 0 Å². The van der Waals surface area contributed by atoms with Crippen molar-refractivity contribution in [2.45, 2.75) is 57.0 Å². The largest absolute Gasteiger partial charge is 0.307 e. The van der Waals surface area contributed by atoms with Gasteiger partial charge < -0.3 is 10.2 Å². The molecule has 1 aliphatic rings. The van der Waals surface area contributed by atoms with Gasteiger partial charge in [-0.1, -0.05) is 32.3 Å². The Morgan fingerprint density at radius 2 is 2.05 bits per heavy atom. The van der Waals surface area contributed by atoms with Crippen LogP contribution >= 0.6 is 11.3 Å². The first-order valence-corrected chi connectivity index (χ1v) is 8.50. The molecular weight excluding hydrogens is 252 g/mol. The fourth-order valence-electron chi connectivity index (χ4n) is 3.24. The van der Waals surface area contributed by atoms with Gasteiger partial charge in [0, 0.05) is 23.0 Å². The Bertz CT molecular complexity index is 353. The summed E-state index contributed by atoms with van der Waals surface area (Å²) in [5.41, 5.74) is 0.378. The lowest BCUT2D eigenvalue weighted by Crippen LogP contribution is -2.53. The molecule has 1 aromatic rings. The lowest BCUT2D eigenvalue weighted by Gasteiger charge is -2.44. The van der Waals surface area contributed by atoms with Crippen LogP contribution in [0.3, 0.4) is 0 Å². The minimum absolute atomic E-state index is 0.378. The molecule has 0 bridgehead atoms. The molecule has 108 valence electrons. The van der Waals surface area contributed by atoms with Crippen molar-refractivity contribution in [3.8, 4) is 0 Å². The molecule has 0 aromatic carbocycles. The third kappa shape index (κ3) is 3.59.